The van der Waals surface area contributed by atoms with E-state index in [4.69, 9.17) is 4.74 Å². The number of aromatic hydroxyl groups is 1. The van der Waals surface area contributed by atoms with Gasteiger partial charge < -0.3 is 9.84 Å². The van der Waals surface area contributed by atoms with Crippen LogP contribution in [0, 0.1) is 0 Å². The van der Waals surface area contributed by atoms with Gasteiger partial charge in [0.25, 0.3) is 10.0 Å². The van der Waals surface area contributed by atoms with Crippen molar-refractivity contribution in [2.75, 3.05) is 11.8 Å². The van der Waals surface area contributed by atoms with E-state index in [0.717, 1.165) is 0 Å². The number of hydrogen-bond acceptors (Lipinski definition) is 5. The van der Waals surface area contributed by atoms with Gasteiger partial charge in [-0.25, -0.2) is 8.42 Å². The molecule has 19 heavy (non-hydrogen) atoms. The first-order valence-electron chi connectivity index (χ1n) is 5.33. The van der Waals surface area contributed by atoms with Crippen LogP contribution in [-0.4, -0.2) is 25.6 Å². The largest absolute Gasteiger partial charge is 0.506 e. The number of rotatable bonds is 4. The number of sulfonamides is 1. The van der Waals surface area contributed by atoms with Gasteiger partial charge in [0.15, 0.2) is 0 Å². The molecule has 2 N–H and O–H groups in total. The summed E-state index contributed by atoms with van der Waals surface area (Å²) in [4.78, 5) is 3.76. The van der Waals surface area contributed by atoms with Gasteiger partial charge in [0.1, 0.15) is 16.4 Å². The fourth-order valence-corrected chi connectivity index (χ4v) is 2.47. The van der Waals surface area contributed by atoms with Crippen molar-refractivity contribution in [2.45, 2.75) is 4.90 Å². The highest BCUT2D eigenvalue weighted by Gasteiger charge is 2.16. The standard InChI is InChI=1S/C12H12N2O4S/c1-18-9-4-5-11(12(15)7-9)14-19(16,17)10-3-2-6-13-8-10/h2-8,14-15H,1H3. The van der Waals surface area contributed by atoms with Crippen LogP contribution in [0.1, 0.15) is 0 Å². The summed E-state index contributed by atoms with van der Waals surface area (Å²) in [6.45, 7) is 0. The van der Waals surface area contributed by atoms with Crippen molar-refractivity contribution in [3.8, 4) is 11.5 Å². The Morgan fingerprint density at radius 1 is 1.32 bits per heavy atom. The van der Waals surface area contributed by atoms with Gasteiger partial charge >= 0.3 is 0 Å². The Morgan fingerprint density at radius 3 is 2.68 bits per heavy atom. The van der Waals surface area contributed by atoms with Gasteiger partial charge in [-0.2, -0.15) is 0 Å². The van der Waals surface area contributed by atoms with Crippen LogP contribution in [0.5, 0.6) is 11.5 Å². The molecule has 2 aromatic rings. The molecule has 7 heteroatoms. The Kier molecular flexibility index (Phi) is 3.57. The predicted molar refractivity (Wildman–Crippen MR) is 69.7 cm³/mol. The molecule has 2 rings (SSSR count). The van der Waals surface area contributed by atoms with Crippen molar-refractivity contribution in [3.63, 3.8) is 0 Å². The Bertz CT molecular complexity index is 671. The van der Waals surface area contributed by atoms with E-state index in [9.17, 15) is 13.5 Å². The maximum atomic E-state index is 12.0. The fraction of sp³-hybridized carbons (Fsp3) is 0.0833. The van der Waals surface area contributed by atoms with E-state index in [-0.39, 0.29) is 16.3 Å². The molecule has 100 valence electrons. The third-order valence-electron chi connectivity index (χ3n) is 2.39. The quantitative estimate of drug-likeness (QED) is 0.830. The number of phenols is 1. The van der Waals surface area contributed by atoms with E-state index < -0.39 is 10.0 Å². The second-order valence-electron chi connectivity index (χ2n) is 3.68. The highest BCUT2D eigenvalue weighted by Crippen LogP contribution is 2.29. The summed E-state index contributed by atoms with van der Waals surface area (Å²) in [7, 11) is -2.32. The van der Waals surface area contributed by atoms with E-state index in [2.05, 4.69) is 9.71 Å². The van der Waals surface area contributed by atoms with Crippen LogP contribution in [0.3, 0.4) is 0 Å². The van der Waals surface area contributed by atoms with E-state index in [0.29, 0.717) is 5.75 Å². The van der Waals surface area contributed by atoms with Crippen molar-refractivity contribution >= 4 is 15.7 Å². The molecule has 0 aliphatic rings. The minimum atomic E-state index is -3.77. The SMILES string of the molecule is COc1ccc(NS(=O)(=O)c2cccnc2)c(O)c1. The van der Waals surface area contributed by atoms with Gasteiger partial charge in [-0.05, 0) is 24.3 Å². The van der Waals surface area contributed by atoms with Crippen molar-refractivity contribution in [1.29, 1.82) is 0 Å². The molecule has 0 spiro atoms. The van der Waals surface area contributed by atoms with Gasteiger partial charge in [0.05, 0.1) is 12.8 Å². The van der Waals surface area contributed by atoms with Crippen LogP contribution in [0.4, 0.5) is 5.69 Å². The molecular weight excluding hydrogens is 268 g/mol. The number of nitrogens with one attached hydrogen (secondary N) is 1. The third kappa shape index (κ3) is 2.94. The van der Waals surface area contributed by atoms with Crippen LogP contribution in [0.15, 0.2) is 47.6 Å². The van der Waals surface area contributed by atoms with Crippen LogP contribution >= 0.6 is 0 Å². The van der Waals surface area contributed by atoms with Gasteiger partial charge in [-0.1, -0.05) is 0 Å². The van der Waals surface area contributed by atoms with Crippen molar-refractivity contribution in [2.24, 2.45) is 0 Å². The zero-order valence-electron chi connectivity index (χ0n) is 10.1. The van der Waals surface area contributed by atoms with Gasteiger partial charge in [-0.3, -0.25) is 9.71 Å². The lowest BCUT2D eigenvalue weighted by atomic mass is 10.3. The number of pyridine rings is 1. The molecule has 0 amide bonds. The van der Waals surface area contributed by atoms with E-state index in [1.807, 2.05) is 0 Å². The Morgan fingerprint density at radius 2 is 2.11 bits per heavy atom. The van der Waals surface area contributed by atoms with E-state index >= 15 is 0 Å². The molecule has 1 aromatic heterocycles. The highest BCUT2D eigenvalue weighted by atomic mass is 32.2. The second kappa shape index (κ2) is 5.15. The van der Waals surface area contributed by atoms with Gasteiger partial charge in [0.2, 0.25) is 0 Å². The third-order valence-corrected chi connectivity index (χ3v) is 3.74. The lowest BCUT2D eigenvalue weighted by Crippen LogP contribution is -2.13. The van der Waals surface area contributed by atoms with Crippen molar-refractivity contribution in [1.82, 2.24) is 4.98 Å². The topological polar surface area (TPSA) is 88.5 Å². The average molecular weight is 280 g/mol. The first-order valence-corrected chi connectivity index (χ1v) is 6.81. The zero-order chi connectivity index (χ0) is 13.9. The number of methoxy groups -OCH3 is 1. The predicted octanol–water partition coefficient (Wildman–Crippen LogP) is 1.60. The Labute approximate surface area is 110 Å². The van der Waals surface area contributed by atoms with Gasteiger partial charge in [-0.15, -0.1) is 0 Å². The molecule has 1 heterocycles. The molecular formula is C12H12N2O4S. The highest BCUT2D eigenvalue weighted by molar-refractivity contribution is 7.92. The summed E-state index contributed by atoms with van der Waals surface area (Å²) >= 11 is 0. The summed E-state index contributed by atoms with van der Waals surface area (Å²) < 4.78 is 31.2. The molecule has 0 fully saturated rings. The molecule has 0 saturated heterocycles. The number of nitrogens with zero attached hydrogens (tertiary/aromatic N) is 1. The maximum absolute atomic E-state index is 12.0. The first kappa shape index (κ1) is 13.2. The molecule has 0 unspecified atom stereocenters. The summed E-state index contributed by atoms with van der Waals surface area (Å²) in [6, 6.07) is 7.21. The lowest BCUT2D eigenvalue weighted by Gasteiger charge is -2.10. The minimum Gasteiger partial charge on any atom is -0.506 e. The number of ether oxygens (including phenoxy) is 1. The molecule has 0 aliphatic carbocycles. The Balaban J connectivity index is 2.31. The van der Waals surface area contributed by atoms with E-state index in [1.54, 1.807) is 6.07 Å². The summed E-state index contributed by atoms with van der Waals surface area (Å²) in [5.41, 5.74) is 0.0738. The van der Waals surface area contributed by atoms with Gasteiger partial charge in [0, 0.05) is 18.5 Å². The van der Waals surface area contributed by atoms with Crippen LogP contribution in [0.25, 0.3) is 0 Å². The van der Waals surface area contributed by atoms with Crippen molar-refractivity contribution < 1.29 is 18.3 Å². The first-order chi connectivity index (χ1) is 9.03. The molecule has 0 bridgehead atoms. The van der Waals surface area contributed by atoms with Crippen LogP contribution in [-0.2, 0) is 10.0 Å². The van der Waals surface area contributed by atoms with Crippen molar-refractivity contribution in [3.05, 3.63) is 42.7 Å². The molecule has 0 saturated carbocycles. The zero-order valence-corrected chi connectivity index (χ0v) is 10.9. The fourth-order valence-electron chi connectivity index (χ4n) is 1.43. The molecule has 0 atom stereocenters. The monoisotopic (exact) mass is 280 g/mol. The molecule has 1 aromatic carbocycles. The lowest BCUT2D eigenvalue weighted by molar-refractivity contribution is 0.408. The minimum absolute atomic E-state index is 0.0187. The number of hydrogen-bond donors (Lipinski definition) is 2. The van der Waals surface area contributed by atoms with E-state index in [1.165, 1.54) is 43.8 Å². The second-order valence-corrected chi connectivity index (χ2v) is 5.36. The normalized spacial score (nSPS) is 11.0. The molecule has 0 aliphatic heterocycles. The average Bonchev–Trinajstić information content (AvgIpc) is 2.42. The number of benzene rings is 1. The summed E-state index contributed by atoms with van der Waals surface area (Å²) in [6.07, 6.45) is 2.70. The van der Waals surface area contributed by atoms with Crippen LogP contribution in [0.2, 0.25) is 0 Å². The Hall–Kier alpha value is -2.28. The maximum Gasteiger partial charge on any atom is 0.263 e. The summed E-state index contributed by atoms with van der Waals surface area (Å²) in [5.74, 6) is 0.216. The summed E-state index contributed by atoms with van der Waals surface area (Å²) in [5, 5.41) is 9.71. The number of anilines is 1. The van der Waals surface area contributed by atoms with Crippen LogP contribution < -0.4 is 9.46 Å². The molecule has 6 nitrogen and oxygen atoms in total. The smallest absolute Gasteiger partial charge is 0.263 e. The number of phenolic OH excluding ortho intramolecular Hbond substituents is 1. The number of aromatic nitrogens is 1. The molecule has 0 radical (unpaired) electrons.